The maximum absolute atomic E-state index is 10.6. The van der Waals surface area contributed by atoms with Crippen molar-refractivity contribution >= 4 is 5.97 Å². The number of ether oxygens (including phenoxy) is 1. The topological polar surface area (TPSA) is 93.4 Å². The van der Waals surface area contributed by atoms with Gasteiger partial charge in [0.25, 0.3) is 0 Å². The van der Waals surface area contributed by atoms with Crippen molar-refractivity contribution in [2.45, 2.75) is 45.1 Å². The predicted octanol–water partition coefficient (Wildman–Crippen LogP) is 2.28. The van der Waals surface area contributed by atoms with Gasteiger partial charge in [0.05, 0.1) is 12.4 Å². The molecule has 158 valence electrons. The van der Waals surface area contributed by atoms with Gasteiger partial charge in [-0.1, -0.05) is 0 Å². The first-order valence-corrected chi connectivity index (χ1v) is 9.18. The van der Waals surface area contributed by atoms with Crippen LogP contribution in [0.15, 0.2) is 18.7 Å². The molecule has 2 aliphatic rings. The Kier molecular flexibility index (Phi) is 6.36. The summed E-state index contributed by atoms with van der Waals surface area (Å²) in [5.41, 5.74) is 3.82. The normalized spacial score (nSPS) is 16.6. The Labute approximate surface area is 165 Å². The number of aromatic nitrogens is 4. The lowest BCUT2D eigenvalue weighted by atomic mass is 10.1. The fourth-order valence-electron chi connectivity index (χ4n) is 3.02. The first-order valence-electron chi connectivity index (χ1n) is 9.18. The average molecular weight is 413 g/mol. The highest BCUT2D eigenvalue weighted by molar-refractivity contribution is 5.73. The van der Waals surface area contributed by atoms with Crippen LogP contribution in [0.4, 0.5) is 13.2 Å². The summed E-state index contributed by atoms with van der Waals surface area (Å²) in [6.07, 6.45) is 3.58. The van der Waals surface area contributed by atoms with Gasteiger partial charge in [-0.3, -0.25) is 4.68 Å². The minimum Gasteiger partial charge on any atom is -0.484 e. The van der Waals surface area contributed by atoms with E-state index in [1.54, 1.807) is 12.4 Å². The fraction of sp³-hybridized carbons (Fsp3) is 0.556. The van der Waals surface area contributed by atoms with Crippen LogP contribution in [0.5, 0.6) is 5.75 Å². The van der Waals surface area contributed by atoms with E-state index >= 15 is 0 Å². The molecule has 0 spiro atoms. The molecule has 1 aliphatic heterocycles. The first kappa shape index (κ1) is 21.0. The Morgan fingerprint density at radius 1 is 1.31 bits per heavy atom. The van der Waals surface area contributed by atoms with E-state index in [9.17, 15) is 13.2 Å². The van der Waals surface area contributed by atoms with Gasteiger partial charge in [0.1, 0.15) is 18.6 Å². The molecule has 1 saturated carbocycles. The van der Waals surface area contributed by atoms with Crippen molar-refractivity contribution in [3.63, 3.8) is 0 Å². The van der Waals surface area contributed by atoms with Crippen molar-refractivity contribution in [2.24, 2.45) is 5.92 Å². The van der Waals surface area contributed by atoms with E-state index in [0.717, 1.165) is 37.7 Å². The Bertz CT molecular complexity index is 837. The molecular weight excluding hydrogens is 391 g/mol. The van der Waals surface area contributed by atoms with Crippen molar-refractivity contribution in [1.82, 2.24) is 24.6 Å². The number of carbonyl (C=O) groups is 1. The van der Waals surface area contributed by atoms with Gasteiger partial charge in [-0.05, 0) is 25.8 Å². The number of likely N-dealkylation sites (N-methyl/N-ethyl adjacent to an activating group) is 1. The van der Waals surface area contributed by atoms with E-state index in [-0.39, 0.29) is 0 Å². The molecule has 0 unspecified atom stereocenters. The van der Waals surface area contributed by atoms with E-state index in [2.05, 4.69) is 26.6 Å². The molecule has 11 heteroatoms. The maximum atomic E-state index is 10.6. The molecule has 1 N–H and O–H groups in total. The number of aliphatic carboxylic acids is 1. The predicted molar refractivity (Wildman–Crippen MR) is 95.0 cm³/mol. The summed E-state index contributed by atoms with van der Waals surface area (Å²) in [7, 11) is 2.16. The molecule has 3 heterocycles. The summed E-state index contributed by atoms with van der Waals surface area (Å²) in [5, 5.41) is 12.0. The fourth-order valence-corrected chi connectivity index (χ4v) is 3.02. The number of fused-ring (bicyclic) bond motifs is 1. The highest BCUT2D eigenvalue weighted by Crippen LogP contribution is 2.32. The summed E-state index contributed by atoms with van der Waals surface area (Å²) in [6.45, 7) is 3.63. The molecular formula is C18H22F3N5O3. The molecule has 1 fully saturated rings. The summed E-state index contributed by atoms with van der Waals surface area (Å²) < 4.78 is 39.8. The minimum absolute atomic E-state index is 0.487. The maximum Gasteiger partial charge on any atom is 0.490 e. The molecule has 0 aromatic carbocycles. The highest BCUT2D eigenvalue weighted by Gasteiger charge is 2.38. The van der Waals surface area contributed by atoms with E-state index in [4.69, 9.17) is 19.7 Å². The largest absolute Gasteiger partial charge is 0.490 e. The number of hydrogen-bond acceptors (Lipinski definition) is 6. The zero-order valence-electron chi connectivity index (χ0n) is 15.9. The van der Waals surface area contributed by atoms with Crippen LogP contribution in [0.25, 0.3) is 0 Å². The number of halogens is 3. The van der Waals surface area contributed by atoms with Gasteiger partial charge in [-0.15, -0.1) is 0 Å². The van der Waals surface area contributed by atoms with Crippen LogP contribution < -0.4 is 4.74 Å². The van der Waals surface area contributed by atoms with Crippen LogP contribution >= 0.6 is 0 Å². The smallest absolute Gasteiger partial charge is 0.484 e. The van der Waals surface area contributed by atoms with Crippen LogP contribution in [0.2, 0.25) is 0 Å². The molecule has 8 nitrogen and oxygen atoms in total. The monoisotopic (exact) mass is 413 g/mol. The van der Waals surface area contributed by atoms with Crippen LogP contribution in [-0.4, -0.2) is 55.5 Å². The molecule has 29 heavy (non-hydrogen) atoms. The molecule has 2 aromatic rings. The van der Waals surface area contributed by atoms with Crippen LogP contribution in [0, 0.1) is 5.92 Å². The lowest BCUT2D eigenvalue weighted by Crippen LogP contribution is -2.28. The average Bonchev–Trinajstić information content (AvgIpc) is 3.42. The molecule has 0 bridgehead atoms. The number of hydrogen-bond donors (Lipinski definition) is 1. The molecule has 0 radical (unpaired) electrons. The lowest BCUT2D eigenvalue weighted by molar-refractivity contribution is -0.192. The van der Waals surface area contributed by atoms with Crippen molar-refractivity contribution < 1.29 is 27.8 Å². The lowest BCUT2D eigenvalue weighted by Gasteiger charge is -2.23. The van der Waals surface area contributed by atoms with Crippen molar-refractivity contribution in [3.05, 3.63) is 35.7 Å². The minimum atomic E-state index is -5.08. The number of carboxylic acids is 1. The highest BCUT2D eigenvalue weighted by atomic mass is 19.4. The van der Waals surface area contributed by atoms with E-state index in [1.165, 1.54) is 30.4 Å². The molecule has 0 amide bonds. The Morgan fingerprint density at radius 3 is 2.55 bits per heavy atom. The second-order valence-electron chi connectivity index (χ2n) is 7.15. The first-order chi connectivity index (χ1) is 13.7. The quantitative estimate of drug-likeness (QED) is 0.804. The standard InChI is InChI=1S/C16H21N5O.C2HF3O2/c1-20-5-4-16-14(9-20)15(19-21(16)8-12-2-3-12)10-22-13-6-17-11-18-7-13;3-2(4,5)1(6)7/h6-7,11-12H,2-5,8-10H2,1H3;(H,6,7). The third kappa shape index (κ3) is 5.89. The second-order valence-corrected chi connectivity index (χ2v) is 7.15. The molecule has 2 aromatic heterocycles. The second kappa shape index (κ2) is 8.76. The van der Waals surface area contributed by atoms with Crippen LogP contribution in [-0.2, 0) is 30.9 Å². The number of rotatable bonds is 5. The zero-order chi connectivity index (χ0) is 21.0. The van der Waals surface area contributed by atoms with Gasteiger partial charge in [0, 0.05) is 37.3 Å². The number of carboxylic acid groups (broad SMARTS) is 1. The zero-order valence-corrected chi connectivity index (χ0v) is 15.9. The van der Waals surface area contributed by atoms with Crippen LogP contribution in [0.3, 0.4) is 0 Å². The summed E-state index contributed by atoms with van der Waals surface area (Å²) in [5.74, 6) is -1.23. The molecule has 0 saturated heterocycles. The van der Waals surface area contributed by atoms with Gasteiger partial charge in [0.15, 0.2) is 5.75 Å². The molecule has 0 atom stereocenters. The number of nitrogens with zero attached hydrogens (tertiary/aromatic N) is 5. The molecule has 4 rings (SSSR count). The van der Waals surface area contributed by atoms with Gasteiger partial charge in [-0.2, -0.15) is 18.3 Å². The Hall–Kier alpha value is -2.69. The van der Waals surface area contributed by atoms with Gasteiger partial charge >= 0.3 is 12.1 Å². The van der Waals surface area contributed by atoms with Crippen molar-refractivity contribution in [2.75, 3.05) is 13.6 Å². The summed E-state index contributed by atoms with van der Waals surface area (Å²) in [6, 6.07) is 0. The van der Waals surface area contributed by atoms with Gasteiger partial charge in [-0.25, -0.2) is 14.8 Å². The van der Waals surface area contributed by atoms with Gasteiger partial charge < -0.3 is 14.7 Å². The summed E-state index contributed by atoms with van der Waals surface area (Å²) in [4.78, 5) is 19.2. The van der Waals surface area contributed by atoms with E-state index in [1.807, 2.05) is 0 Å². The summed E-state index contributed by atoms with van der Waals surface area (Å²) >= 11 is 0. The Balaban J connectivity index is 0.000000298. The molecule has 1 aliphatic carbocycles. The van der Waals surface area contributed by atoms with Crippen LogP contribution in [0.1, 0.15) is 29.8 Å². The third-order valence-electron chi connectivity index (χ3n) is 4.69. The van der Waals surface area contributed by atoms with E-state index < -0.39 is 12.1 Å². The van der Waals surface area contributed by atoms with Gasteiger partial charge in [0.2, 0.25) is 0 Å². The third-order valence-corrected chi connectivity index (χ3v) is 4.69. The number of alkyl halides is 3. The van der Waals surface area contributed by atoms with Crippen molar-refractivity contribution in [1.29, 1.82) is 0 Å². The van der Waals surface area contributed by atoms with Crippen molar-refractivity contribution in [3.8, 4) is 5.75 Å². The van der Waals surface area contributed by atoms with E-state index in [0.29, 0.717) is 12.4 Å². The SMILES string of the molecule is CN1CCc2c(c(COc3cncnc3)nn2CC2CC2)C1.O=C(O)C(F)(F)F. The Morgan fingerprint density at radius 2 is 1.97 bits per heavy atom.